The highest BCUT2D eigenvalue weighted by atomic mass is 32.2. The van der Waals surface area contributed by atoms with Crippen molar-refractivity contribution in [2.24, 2.45) is 11.3 Å². The van der Waals surface area contributed by atoms with Crippen LogP contribution in [0.25, 0.3) is 0 Å². The minimum atomic E-state index is -0.824. The van der Waals surface area contributed by atoms with E-state index in [1.807, 2.05) is 38.1 Å². The summed E-state index contributed by atoms with van der Waals surface area (Å²) in [6, 6.07) is 7.59. The van der Waals surface area contributed by atoms with Crippen LogP contribution in [0, 0.1) is 11.3 Å². The van der Waals surface area contributed by atoms with Crippen LogP contribution in [0.5, 0.6) is 0 Å². The molecule has 1 unspecified atom stereocenters. The molecule has 0 spiro atoms. The second-order valence-corrected chi connectivity index (χ2v) is 8.37. The van der Waals surface area contributed by atoms with Gasteiger partial charge in [0.2, 0.25) is 0 Å². The van der Waals surface area contributed by atoms with Crippen molar-refractivity contribution < 1.29 is 14.7 Å². The summed E-state index contributed by atoms with van der Waals surface area (Å²) in [6.45, 7) is 8.82. The summed E-state index contributed by atoms with van der Waals surface area (Å²) in [5, 5.41) is 10.0. The van der Waals surface area contributed by atoms with Crippen LogP contribution in [0.15, 0.2) is 29.2 Å². The third kappa shape index (κ3) is 3.55. The highest BCUT2D eigenvalue weighted by Crippen LogP contribution is 2.39. The highest BCUT2D eigenvalue weighted by molar-refractivity contribution is 8.00. The molecule has 4 nitrogen and oxygen atoms in total. The fourth-order valence-electron chi connectivity index (χ4n) is 3.07. The van der Waals surface area contributed by atoms with Gasteiger partial charge >= 0.3 is 5.97 Å². The Labute approximate surface area is 142 Å². The number of likely N-dealkylation sites (tertiary alicyclic amines) is 1. The summed E-state index contributed by atoms with van der Waals surface area (Å²) < 4.78 is 0. The van der Waals surface area contributed by atoms with Crippen molar-refractivity contribution in [1.29, 1.82) is 0 Å². The van der Waals surface area contributed by atoms with Crippen LogP contribution >= 0.6 is 11.8 Å². The topological polar surface area (TPSA) is 57.6 Å². The SMILES string of the molecule is CC(C)Sc1ccccc1C(=O)N1CCC(C(=O)O)(C(C)C)C1. The van der Waals surface area contributed by atoms with Gasteiger partial charge in [0.1, 0.15) is 0 Å². The first-order valence-electron chi connectivity index (χ1n) is 8.06. The van der Waals surface area contributed by atoms with E-state index in [1.54, 1.807) is 16.7 Å². The molecule has 1 aliphatic rings. The summed E-state index contributed by atoms with van der Waals surface area (Å²) in [5.41, 5.74) is -0.147. The van der Waals surface area contributed by atoms with Gasteiger partial charge in [-0.2, -0.15) is 0 Å². The van der Waals surface area contributed by atoms with Crippen molar-refractivity contribution in [3.05, 3.63) is 29.8 Å². The predicted octanol–water partition coefficient (Wildman–Crippen LogP) is 3.76. The fraction of sp³-hybridized carbons (Fsp3) is 0.556. The molecule has 1 heterocycles. The van der Waals surface area contributed by atoms with Gasteiger partial charge in [-0.05, 0) is 24.5 Å². The number of nitrogens with zero attached hydrogens (tertiary/aromatic N) is 1. The molecule has 0 saturated carbocycles. The Balaban J connectivity index is 2.25. The molecule has 0 bridgehead atoms. The number of carbonyl (C=O) groups excluding carboxylic acids is 1. The molecule has 1 aliphatic heterocycles. The molecule has 1 saturated heterocycles. The van der Waals surface area contributed by atoms with Crippen molar-refractivity contribution in [3.8, 4) is 0 Å². The zero-order valence-electron chi connectivity index (χ0n) is 14.2. The van der Waals surface area contributed by atoms with E-state index >= 15 is 0 Å². The number of aliphatic carboxylic acids is 1. The average Bonchev–Trinajstić information content (AvgIpc) is 2.93. The monoisotopic (exact) mass is 335 g/mol. The van der Waals surface area contributed by atoms with Gasteiger partial charge in [-0.15, -0.1) is 11.8 Å². The third-order valence-electron chi connectivity index (χ3n) is 4.60. The molecule has 5 heteroatoms. The lowest BCUT2D eigenvalue weighted by Gasteiger charge is -2.28. The first kappa shape index (κ1) is 17.9. The Kier molecular flexibility index (Phi) is 5.40. The number of carboxylic acid groups (broad SMARTS) is 1. The maximum Gasteiger partial charge on any atom is 0.311 e. The summed E-state index contributed by atoms with van der Waals surface area (Å²) in [6.07, 6.45) is 0.519. The Bertz CT molecular complexity index is 600. The van der Waals surface area contributed by atoms with Crippen LogP contribution in [-0.2, 0) is 4.79 Å². The Morgan fingerprint density at radius 1 is 1.22 bits per heavy atom. The van der Waals surface area contributed by atoms with Crippen LogP contribution in [0.2, 0.25) is 0 Å². The number of thioether (sulfide) groups is 1. The minimum Gasteiger partial charge on any atom is -0.481 e. The zero-order valence-corrected chi connectivity index (χ0v) is 15.0. The molecule has 23 heavy (non-hydrogen) atoms. The molecule has 126 valence electrons. The van der Waals surface area contributed by atoms with E-state index in [1.165, 1.54) is 0 Å². The maximum absolute atomic E-state index is 12.9. The molecule has 1 N–H and O–H groups in total. The Hall–Kier alpha value is -1.49. The number of amides is 1. The van der Waals surface area contributed by atoms with E-state index < -0.39 is 11.4 Å². The fourth-order valence-corrected chi connectivity index (χ4v) is 4.02. The van der Waals surface area contributed by atoms with Gasteiger partial charge in [-0.3, -0.25) is 9.59 Å². The van der Waals surface area contributed by atoms with Crippen molar-refractivity contribution in [1.82, 2.24) is 4.90 Å². The molecule has 1 atom stereocenters. The number of carbonyl (C=O) groups is 2. The van der Waals surface area contributed by atoms with Gasteiger partial charge < -0.3 is 10.0 Å². The van der Waals surface area contributed by atoms with Gasteiger partial charge in [0.05, 0.1) is 11.0 Å². The normalized spacial score (nSPS) is 21.2. The molecule has 1 amide bonds. The smallest absolute Gasteiger partial charge is 0.311 e. The summed E-state index contributed by atoms with van der Waals surface area (Å²) in [7, 11) is 0. The summed E-state index contributed by atoms with van der Waals surface area (Å²) in [5.74, 6) is -0.858. The highest BCUT2D eigenvalue weighted by Gasteiger charge is 2.48. The van der Waals surface area contributed by atoms with E-state index in [9.17, 15) is 14.7 Å². The number of hydrogen-bond donors (Lipinski definition) is 1. The van der Waals surface area contributed by atoms with E-state index in [0.717, 1.165) is 4.90 Å². The second-order valence-electron chi connectivity index (χ2n) is 6.76. The van der Waals surface area contributed by atoms with Gasteiger partial charge in [0.25, 0.3) is 5.91 Å². The zero-order chi connectivity index (χ0) is 17.2. The summed E-state index contributed by atoms with van der Waals surface area (Å²) >= 11 is 1.66. The molecular formula is C18H25NO3S. The minimum absolute atomic E-state index is 0.00178. The number of benzene rings is 1. The van der Waals surface area contributed by atoms with E-state index in [4.69, 9.17) is 0 Å². The van der Waals surface area contributed by atoms with E-state index in [0.29, 0.717) is 30.3 Å². The molecular weight excluding hydrogens is 310 g/mol. The number of hydrogen-bond acceptors (Lipinski definition) is 3. The quantitative estimate of drug-likeness (QED) is 0.832. The Morgan fingerprint density at radius 2 is 1.87 bits per heavy atom. The first-order chi connectivity index (χ1) is 10.8. The molecule has 1 aromatic rings. The lowest BCUT2D eigenvalue weighted by molar-refractivity contribution is -0.150. The van der Waals surface area contributed by atoms with E-state index in [-0.39, 0.29) is 11.8 Å². The lowest BCUT2D eigenvalue weighted by Crippen LogP contribution is -2.40. The predicted molar refractivity (Wildman–Crippen MR) is 92.9 cm³/mol. The van der Waals surface area contributed by atoms with Crippen LogP contribution in [-0.4, -0.2) is 40.2 Å². The standard InChI is InChI=1S/C18H25NO3S/c1-12(2)18(17(21)22)9-10-19(11-18)16(20)14-7-5-6-8-15(14)23-13(3)4/h5-8,12-13H,9-11H2,1-4H3,(H,21,22). The molecule has 0 aromatic heterocycles. The Morgan fingerprint density at radius 3 is 2.39 bits per heavy atom. The summed E-state index contributed by atoms with van der Waals surface area (Å²) in [4.78, 5) is 27.3. The number of carboxylic acids is 1. The van der Waals surface area contributed by atoms with Crippen LogP contribution in [0.3, 0.4) is 0 Å². The van der Waals surface area contributed by atoms with Crippen LogP contribution in [0.4, 0.5) is 0 Å². The third-order valence-corrected chi connectivity index (χ3v) is 5.68. The number of rotatable bonds is 5. The van der Waals surface area contributed by atoms with E-state index in [2.05, 4.69) is 13.8 Å². The van der Waals surface area contributed by atoms with Gasteiger partial charge in [0, 0.05) is 23.2 Å². The molecule has 0 aliphatic carbocycles. The van der Waals surface area contributed by atoms with Crippen molar-refractivity contribution >= 4 is 23.6 Å². The maximum atomic E-state index is 12.9. The largest absolute Gasteiger partial charge is 0.481 e. The second kappa shape index (κ2) is 6.95. The molecule has 2 rings (SSSR count). The first-order valence-corrected chi connectivity index (χ1v) is 8.94. The van der Waals surface area contributed by atoms with Crippen molar-refractivity contribution in [2.75, 3.05) is 13.1 Å². The molecule has 1 fully saturated rings. The van der Waals surface area contributed by atoms with Crippen LogP contribution < -0.4 is 0 Å². The van der Waals surface area contributed by atoms with Gasteiger partial charge in [-0.25, -0.2) is 0 Å². The van der Waals surface area contributed by atoms with Gasteiger partial charge in [0.15, 0.2) is 0 Å². The lowest BCUT2D eigenvalue weighted by atomic mass is 9.76. The van der Waals surface area contributed by atoms with Crippen LogP contribution in [0.1, 0.15) is 44.5 Å². The molecule has 0 radical (unpaired) electrons. The van der Waals surface area contributed by atoms with Crippen molar-refractivity contribution in [2.45, 2.75) is 44.3 Å². The van der Waals surface area contributed by atoms with Crippen molar-refractivity contribution in [3.63, 3.8) is 0 Å². The molecule has 1 aromatic carbocycles. The van der Waals surface area contributed by atoms with Gasteiger partial charge in [-0.1, -0.05) is 39.8 Å². The average molecular weight is 335 g/mol.